The molecule has 1 N–H and O–H groups in total. The van der Waals surface area contributed by atoms with Crippen LogP contribution < -0.4 is 10.1 Å². The Labute approximate surface area is 136 Å². The summed E-state index contributed by atoms with van der Waals surface area (Å²) in [7, 11) is 1.39. The fourth-order valence-corrected chi connectivity index (χ4v) is 2.47. The Morgan fingerprint density at radius 1 is 1.13 bits per heavy atom. The molecule has 0 saturated heterocycles. The van der Waals surface area contributed by atoms with Crippen molar-refractivity contribution >= 4 is 5.91 Å². The number of carbonyl (C=O) groups is 1. The van der Waals surface area contributed by atoms with Crippen LogP contribution >= 0.6 is 0 Å². The molecule has 0 unspecified atom stereocenters. The second-order valence-electron chi connectivity index (χ2n) is 6.53. The van der Waals surface area contributed by atoms with Gasteiger partial charge in [0.1, 0.15) is 0 Å². The van der Waals surface area contributed by atoms with E-state index in [4.69, 9.17) is 4.74 Å². The van der Waals surface area contributed by atoms with Crippen LogP contribution in [0, 0.1) is 11.2 Å². The summed E-state index contributed by atoms with van der Waals surface area (Å²) in [5.74, 6) is -0.737. The second kappa shape index (κ2) is 6.82. The molecule has 0 bridgehead atoms. The Morgan fingerprint density at radius 3 is 2.30 bits per heavy atom. The van der Waals surface area contributed by atoms with E-state index < -0.39 is 5.82 Å². The van der Waals surface area contributed by atoms with Crippen LogP contribution in [0.5, 0.6) is 5.75 Å². The van der Waals surface area contributed by atoms with Gasteiger partial charge in [-0.1, -0.05) is 51.1 Å². The minimum Gasteiger partial charge on any atom is -0.494 e. The van der Waals surface area contributed by atoms with Gasteiger partial charge in [0.25, 0.3) is 5.91 Å². The Balaban J connectivity index is 2.26. The number of methoxy groups -OCH3 is 1. The molecule has 3 nitrogen and oxygen atoms in total. The number of rotatable bonds is 4. The van der Waals surface area contributed by atoms with Crippen LogP contribution in [0.25, 0.3) is 0 Å². The van der Waals surface area contributed by atoms with Crippen molar-refractivity contribution in [3.8, 4) is 5.75 Å². The molecule has 4 heteroatoms. The normalized spacial score (nSPS) is 12.6. The largest absolute Gasteiger partial charge is 0.494 e. The zero-order valence-corrected chi connectivity index (χ0v) is 13.9. The molecule has 0 heterocycles. The van der Waals surface area contributed by atoms with Crippen molar-refractivity contribution in [2.45, 2.75) is 26.8 Å². The van der Waals surface area contributed by atoms with Crippen molar-refractivity contribution in [3.63, 3.8) is 0 Å². The summed E-state index contributed by atoms with van der Waals surface area (Å²) >= 11 is 0. The third kappa shape index (κ3) is 4.09. The summed E-state index contributed by atoms with van der Waals surface area (Å²) in [5.41, 5.74) is 1.11. The van der Waals surface area contributed by atoms with E-state index in [0.29, 0.717) is 0 Å². The topological polar surface area (TPSA) is 38.3 Å². The maximum absolute atomic E-state index is 13.8. The van der Waals surface area contributed by atoms with Crippen LogP contribution in [0.1, 0.15) is 42.7 Å². The summed E-state index contributed by atoms with van der Waals surface area (Å²) in [6.07, 6.45) is 0. The first kappa shape index (κ1) is 17.0. The predicted molar refractivity (Wildman–Crippen MR) is 89.1 cm³/mol. The van der Waals surface area contributed by atoms with E-state index in [1.807, 2.05) is 30.3 Å². The number of hydrogen-bond donors (Lipinski definition) is 1. The van der Waals surface area contributed by atoms with Crippen molar-refractivity contribution in [3.05, 3.63) is 65.5 Å². The van der Waals surface area contributed by atoms with Gasteiger partial charge in [0.15, 0.2) is 11.6 Å². The first-order valence-electron chi connectivity index (χ1n) is 7.52. The number of halogens is 1. The van der Waals surface area contributed by atoms with Gasteiger partial charge in [0.05, 0.1) is 13.2 Å². The molecular weight excluding hydrogens is 293 g/mol. The van der Waals surface area contributed by atoms with Gasteiger partial charge in [-0.25, -0.2) is 4.39 Å². The van der Waals surface area contributed by atoms with E-state index in [-0.39, 0.29) is 28.7 Å². The van der Waals surface area contributed by atoms with E-state index in [1.54, 1.807) is 6.07 Å². The van der Waals surface area contributed by atoms with Crippen LogP contribution in [0.15, 0.2) is 48.5 Å². The van der Waals surface area contributed by atoms with Gasteiger partial charge >= 0.3 is 0 Å². The van der Waals surface area contributed by atoms with Crippen LogP contribution in [-0.4, -0.2) is 13.0 Å². The lowest BCUT2D eigenvalue weighted by atomic mass is 9.82. The van der Waals surface area contributed by atoms with Crippen LogP contribution in [0.3, 0.4) is 0 Å². The molecule has 23 heavy (non-hydrogen) atoms. The molecule has 0 aliphatic carbocycles. The average molecular weight is 315 g/mol. The van der Waals surface area contributed by atoms with Crippen LogP contribution in [0.2, 0.25) is 0 Å². The molecule has 0 radical (unpaired) electrons. The summed E-state index contributed by atoms with van der Waals surface area (Å²) in [5, 5.41) is 3.01. The summed E-state index contributed by atoms with van der Waals surface area (Å²) in [6, 6.07) is 13.8. The third-order valence-electron chi connectivity index (χ3n) is 3.69. The molecule has 1 amide bonds. The van der Waals surface area contributed by atoms with E-state index in [1.165, 1.54) is 19.2 Å². The highest BCUT2D eigenvalue weighted by Gasteiger charge is 2.28. The predicted octanol–water partition coefficient (Wildman–Crippen LogP) is 4.35. The molecule has 2 rings (SSSR count). The number of amides is 1. The van der Waals surface area contributed by atoms with Crippen molar-refractivity contribution < 1.29 is 13.9 Å². The highest BCUT2D eigenvalue weighted by atomic mass is 19.1. The second-order valence-corrected chi connectivity index (χ2v) is 6.53. The number of ether oxygens (including phenoxy) is 1. The maximum atomic E-state index is 13.8. The highest BCUT2D eigenvalue weighted by Crippen LogP contribution is 2.33. The molecule has 2 aromatic rings. The van der Waals surface area contributed by atoms with E-state index in [9.17, 15) is 9.18 Å². The molecular formula is C19H22FNO2. The fraction of sp³-hybridized carbons (Fsp3) is 0.316. The zero-order chi connectivity index (χ0) is 17.0. The minimum atomic E-state index is -0.549. The van der Waals surface area contributed by atoms with Crippen molar-refractivity contribution in [2.24, 2.45) is 5.41 Å². The van der Waals surface area contributed by atoms with E-state index in [2.05, 4.69) is 26.1 Å². The minimum absolute atomic E-state index is 0.122. The molecule has 0 spiro atoms. The maximum Gasteiger partial charge on any atom is 0.251 e. The van der Waals surface area contributed by atoms with Gasteiger partial charge < -0.3 is 10.1 Å². The van der Waals surface area contributed by atoms with Gasteiger partial charge in [0, 0.05) is 5.56 Å². The van der Waals surface area contributed by atoms with Gasteiger partial charge in [0.2, 0.25) is 0 Å². The molecule has 0 fully saturated rings. The standard InChI is InChI=1S/C19H22FNO2/c1-19(2,3)17(13-8-6-5-7-9-13)21-18(22)14-10-11-16(23-4)15(20)12-14/h5-12,17H,1-4H3,(H,21,22)/t17-/m1/s1. The quantitative estimate of drug-likeness (QED) is 0.911. The number of carbonyl (C=O) groups excluding carboxylic acids is 1. The number of benzene rings is 2. The lowest BCUT2D eigenvalue weighted by Crippen LogP contribution is -2.36. The monoisotopic (exact) mass is 315 g/mol. The van der Waals surface area contributed by atoms with E-state index >= 15 is 0 Å². The summed E-state index contributed by atoms with van der Waals surface area (Å²) in [6.45, 7) is 6.17. The van der Waals surface area contributed by atoms with Crippen molar-refractivity contribution in [1.82, 2.24) is 5.32 Å². The lowest BCUT2D eigenvalue weighted by Gasteiger charge is -2.32. The highest BCUT2D eigenvalue weighted by molar-refractivity contribution is 5.94. The molecule has 2 aromatic carbocycles. The van der Waals surface area contributed by atoms with Gasteiger partial charge in [-0.2, -0.15) is 0 Å². The first-order valence-corrected chi connectivity index (χ1v) is 7.52. The molecule has 0 aliphatic heterocycles. The van der Waals surface area contributed by atoms with Gasteiger partial charge in [-0.15, -0.1) is 0 Å². The molecule has 0 saturated carbocycles. The Hall–Kier alpha value is -2.36. The Morgan fingerprint density at radius 2 is 1.78 bits per heavy atom. The Kier molecular flexibility index (Phi) is 5.04. The van der Waals surface area contributed by atoms with Crippen molar-refractivity contribution in [1.29, 1.82) is 0 Å². The third-order valence-corrected chi connectivity index (χ3v) is 3.69. The SMILES string of the molecule is COc1ccc(C(=O)N[C@H](c2ccccc2)C(C)(C)C)cc1F. The molecule has 1 atom stereocenters. The van der Waals surface area contributed by atoms with Gasteiger partial charge in [-0.05, 0) is 29.2 Å². The molecule has 122 valence electrons. The lowest BCUT2D eigenvalue weighted by molar-refractivity contribution is 0.0901. The number of hydrogen-bond acceptors (Lipinski definition) is 2. The number of nitrogens with one attached hydrogen (secondary N) is 1. The Bertz CT molecular complexity index is 678. The summed E-state index contributed by atoms with van der Waals surface area (Å²) < 4.78 is 18.7. The first-order chi connectivity index (χ1) is 10.8. The van der Waals surface area contributed by atoms with Crippen LogP contribution in [-0.2, 0) is 0 Å². The average Bonchev–Trinajstić information content (AvgIpc) is 2.52. The zero-order valence-electron chi connectivity index (χ0n) is 13.9. The van der Waals surface area contributed by atoms with Crippen molar-refractivity contribution in [2.75, 3.05) is 7.11 Å². The molecule has 0 aliphatic rings. The smallest absolute Gasteiger partial charge is 0.251 e. The van der Waals surface area contributed by atoms with Crippen LogP contribution in [0.4, 0.5) is 4.39 Å². The van der Waals surface area contributed by atoms with E-state index in [0.717, 1.165) is 5.56 Å². The van der Waals surface area contributed by atoms with Gasteiger partial charge in [-0.3, -0.25) is 4.79 Å². The summed E-state index contributed by atoms with van der Waals surface area (Å²) in [4.78, 5) is 12.5. The fourth-order valence-electron chi connectivity index (χ4n) is 2.47. The molecule has 0 aromatic heterocycles.